The van der Waals surface area contributed by atoms with Crippen LogP contribution in [0, 0.1) is 17.7 Å². The molecule has 0 amide bonds. The zero-order valence-electron chi connectivity index (χ0n) is 13.5. The number of aliphatic hydroxyl groups is 1. The fourth-order valence-electron chi connectivity index (χ4n) is 2.65. The molecule has 25 heavy (non-hydrogen) atoms. The van der Waals surface area contributed by atoms with Gasteiger partial charge >= 0.3 is 0 Å². The van der Waals surface area contributed by atoms with Gasteiger partial charge in [0.1, 0.15) is 18.2 Å². The van der Waals surface area contributed by atoms with Crippen LogP contribution in [0.3, 0.4) is 0 Å². The molecule has 1 aromatic heterocycles. The number of hydrogen-bond acceptors (Lipinski definition) is 4. The van der Waals surface area contributed by atoms with Gasteiger partial charge in [-0.1, -0.05) is 30.0 Å². The monoisotopic (exact) mass is 337 g/mol. The van der Waals surface area contributed by atoms with E-state index in [1.165, 1.54) is 16.7 Å². The van der Waals surface area contributed by atoms with Gasteiger partial charge in [0.05, 0.1) is 28.2 Å². The van der Waals surface area contributed by atoms with E-state index in [4.69, 9.17) is 10.8 Å². The first kappa shape index (κ1) is 16.8. The Bertz CT molecular complexity index is 1050. The van der Waals surface area contributed by atoms with Crippen LogP contribution in [0.1, 0.15) is 24.4 Å². The Morgan fingerprint density at radius 3 is 2.64 bits per heavy atom. The summed E-state index contributed by atoms with van der Waals surface area (Å²) in [6.07, 6.45) is 0. The van der Waals surface area contributed by atoms with Crippen molar-refractivity contribution in [1.29, 1.82) is 0 Å². The molecule has 0 radical (unpaired) electrons. The van der Waals surface area contributed by atoms with E-state index < -0.39 is 24.0 Å². The molecule has 1 unspecified atom stereocenters. The van der Waals surface area contributed by atoms with Gasteiger partial charge in [0.2, 0.25) is 0 Å². The molecule has 3 aromatic rings. The Morgan fingerprint density at radius 2 is 2.00 bits per heavy atom. The van der Waals surface area contributed by atoms with Crippen molar-refractivity contribution in [3.05, 3.63) is 70.0 Å². The van der Waals surface area contributed by atoms with E-state index in [-0.39, 0.29) is 10.9 Å². The van der Waals surface area contributed by atoms with Crippen LogP contribution in [0.4, 0.5) is 4.39 Å². The average molecular weight is 337 g/mol. The van der Waals surface area contributed by atoms with Gasteiger partial charge < -0.3 is 10.8 Å². The maximum Gasteiger partial charge on any atom is 0.267 e. The van der Waals surface area contributed by atoms with Gasteiger partial charge in [-0.3, -0.25) is 9.36 Å². The highest BCUT2D eigenvalue weighted by molar-refractivity contribution is 5.85. The zero-order chi connectivity index (χ0) is 18.0. The molecule has 2 aromatic carbocycles. The topological polar surface area (TPSA) is 81.1 Å². The van der Waals surface area contributed by atoms with Crippen molar-refractivity contribution in [1.82, 2.24) is 9.55 Å². The molecular weight excluding hydrogens is 321 g/mol. The summed E-state index contributed by atoms with van der Waals surface area (Å²) in [5, 5.41) is 8.96. The fraction of sp³-hybridized carbons (Fsp3) is 0.158. The lowest BCUT2D eigenvalue weighted by molar-refractivity contribution is 0.350. The Balaban J connectivity index is 2.48. The van der Waals surface area contributed by atoms with Crippen LogP contribution in [0.15, 0.2) is 47.3 Å². The summed E-state index contributed by atoms with van der Waals surface area (Å²) in [4.78, 5) is 17.6. The van der Waals surface area contributed by atoms with Crippen LogP contribution >= 0.6 is 0 Å². The Labute approximate surface area is 143 Å². The first-order valence-electron chi connectivity index (χ1n) is 7.70. The van der Waals surface area contributed by atoms with Crippen molar-refractivity contribution in [3.63, 3.8) is 0 Å². The van der Waals surface area contributed by atoms with Crippen LogP contribution in [0.2, 0.25) is 0 Å². The molecule has 1 atom stereocenters. The molecule has 0 spiro atoms. The second kappa shape index (κ2) is 6.85. The molecular formula is C19H16FN3O2. The minimum Gasteiger partial charge on any atom is -0.384 e. The van der Waals surface area contributed by atoms with Crippen molar-refractivity contribution in [2.45, 2.75) is 13.0 Å². The van der Waals surface area contributed by atoms with Gasteiger partial charge in [-0.15, -0.1) is 0 Å². The van der Waals surface area contributed by atoms with E-state index >= 15 is 0 Å². The summed E-state index contributed by atoms with van der Waals surface area (Å²) in [6, 6.07) is 11.0. The Hall–Kier alpha value is -3.01. The van der Waals surface area contributed by atoms with Gasteiger partial charge in [-0.05, 0) is 31.2 Å². The highest BCUT2D eigenvalue weighted by Crippen LogP contribution is 2.20. The molecule has 0 saturated heterocycles. The number of fused-ring (bicyclic) bond motifs is 1. The zero-order valence-corrected chi connectivity index (χ0v) is 13.5. The van der Waals surface area contributed by atoms with E-state index in [0.717, 1.165) is 0 Å². The quantitative estimate of drug-likeness (QED) is 0.700. The van der Waals surface area contributed by atoms with Gasteiger partial charge in [-0.25, -0.2) is 9.37 Å². The molecule has 0 aliphatic heterocycles. The molecule has 1 heterocycles. The molecule has 0 fully saturated rings. The maximum absolute atomic E-state index is 14.2. The number of halogens is 1. The smallest absolute Gasteiger partial charge is 0.267 e. The van der Waals surface area contributed by atoms with Crippen molar-refractivity contribution >= 4 is 10.9 Å². The third kappa shape index (κ3) is 3.03. The molecule has 3 rings (SSSR count). The minimum atomic E-state index is -0.638. The first-order chi connectivity index (χ1) is 12.0. The Morgan fingerprint density at radius 1 is 1.28 bits per heavy atom. The SMILES string of the molecule is CC(N)c1nc2ccc(F)c(C#CCO)c2c(=O)n1-c1ccccc1. The number of aliphatic hydroxyl groups excluding tert-OH is 1. The number of benzene rings is 2. The number of hydrogen-bond donors (Lipinski definition) is 2. The summed E-state index contributed by atoms with van der Waals surface area (Å²) in [5.74, 6) is 4.63. The van der Waals surface area contributed by atoms with Gasteiger partial charge in [0.25, 0.3) is 5.56 Å². The maximum atomic E-state index is 14.2. The van der Waals surface area contributed by atoms with Crippen molar-refractivity contribution in [3.8, 4) is 17.5 Å². The predicted octanol–water partition coefficient (Wildman–Crippen LogP) is 1.89. The summed E-state index contributed by atoms with van der Waals surface area (Å²) in [7, 11) is 0. The van der Waals surface area contributed by atoms with E-state index in [1.807, 2.05) is 6.07 Å². The van der Waals surface area contributed by atoms with Gasteiger partial charge in [-0.2, -0.15) is 0 Å². The van der Waals surface area contributed by atoms with Gasteiger partial charge in [0.15, 0.2) is 0 Å². The van der Waals surface area contributed by atoms with E-state index in [9.17, 15) is 9.18 Å². The van der Waals surface area contributed by atoms with Crippen LogP contribution in [0.25, 0.3) is 16.6 Å². The molecule has 0 aliphatic carbocycles. The van der Waals surface area contributed by atoms with Gasteiger partial charge in [0, 0.05) is 0 Å². The minimum absolute atomic E-state index is 0.0641. The number of nitrogens with two attached hydrogens (primary N) is 1. The lowest BCUT2D eigenvalue weighted by Crippen LogP contribution is -2.28. The molecule has 6 heteroatoms. The standard InChI is InChI=1S/C19H16FN3O2/c1-12(21)18-22-16-10-9-15(20)14(8-5-11-24)17(16)19(25)23(18)13-6-3-2-4-7-13/h2-4,6-7,9-10,12,24H,11,21H2,1H3. The predicted molar refractivity (Wildman–Crippen MR) is 93.9 cm³/mol. The average Bonchev–Trinajstić information content (AvgIpc) is 2.61. The fourth-order valence-corrected chi connectivity index (χ4v) is 2.65. The molecule has 5 nitrogen and oxygen atoms in total. The number of rotatable bonds is 2. The number of para-hydroxylation sites is 1. The summed E-state index contributed by atoms with van der Waals surface area (Å²) in [5.41, 5.74) is 6.37. The van der Waals surface area contributed by atoms with E-state index in [1.54, 1.807) is 31.2 Å². The highest BCUT2D eigenvalue weighted by atomic mass is 19.1. The Kier molecular flexibility index (Phi) is 4.61. The normalized spacial score (nSPS) is 11.8. The summed E-state index contributed by atoms with van der Waals surface area (Å²) < 4.78 is 15.6. The second-order valence-corrected chi connectivity index (χ2v) is 5.51. The molecule has 126 valence electrons. The van der Waals surface area contributed by atoms with Crippen LogP contribution in [-0.4, -0.2) is 21.3 Å². The summed E-state index contributed by atoms with van der Waals surface area (Å²) in [6.45, 7) is 1.29. The van der Waals surface area contributed by atoms with Crippen LogP contribution in [-0.2, 0) is 0 Å². The molecule has 0 bridgehead atoms. The third-order valence-electron chi connectivity index (χ3n) is 3.73. The third-order valence-corrected chi connectivity index (χ3v) is 3.73. The molecule has 0 aliphatic rings. The molecule has 0 saturated carbocycles. The number of nitrogens with zero attached hydrogens (tertiary/aromatic N) is 2. The lowest BCUT2D eigenvalue weighted by Gasteiger charge is -2.16. The first-order valence-corrected chi connectivity index (χ1v) is 7.70. The second-order valence-electron chi connectivity index (χ2n) is 5.51. The highest BCUT2D eigenvalue weighted by Gasteiger charge is 2.19. The number of aromatic nitrogens is 2. The van der Waals surface area contributed by atoms with Crippen molar-refractivity contribution in [2.75, 3.05) is 6.61 Å². The van der Waals surface area contributed by atoms with Crippen molar-refractivity contribution < 1.29 is 9.50 Å². The lowest BCUT2D eigenvalue weighted by atomic mass is 10.1. The largest absolute Gasteiger partial charge is 0.384 e. The summed E-state index contributed by atoms with van der Waals surface area (Å²) >= 11 is 0. The van der Waals surface area contributed by atoms with E-state index in [2.05, 4.69) is 16.8 Å². The van der Waals surface area contributed by atoms with Crippen molar-refractivity contribution in [2.24, 2.45) is 5.73 Å². The molecule has 3 N–H and O–H groups in total. The van der Waals surface area contributed by atoms with Crippen LogP contribution in [0.5, 0.6) is 0 Å². The van der Waals surface area contributed by atoms with Crippen LogP contribution < -0.4 is 11.3 Å². The van der Waals surface area contributed by atoms with E-state index in [0.29, 0.717) is 17.0 Å².